The third-order valence-corrected chi connectivity index (χ3v) is 7.92. The number of urea groups is 1. The molecule has 1 spiro atoms. The predicted molar refractivity (Wildman–Crippen MR) is 109 cm³/mol. The zero-order valence-corrected chi connectivity index (χ0v) is 18.2. The molecule has 5 rings (SSSR count). The van der Waals surface area contributed by atoms with Gasteiger partial charge in [-0.1, -0.05) is 32.9 Å². The van der Waals surface area contributed by atoms with E-state index in [0.717, 1.165) is 29.1 Å². The number of carbonyl (C=O) groups is 3. The first kappa shape index (κ1) is 19.5. The number of rotatable bonds is 0. The van der Waals surface area contributed by atoms with Crippen LogP contribution in [0.3, 0.4) is 0 Å². The number of benzene rings is 1. The first-order chi connectivity index (χ1) is 13.9. The lowest BCUT2D eigenvalue weighted by Gasteiger charge is -2.54. The van der Waals surface area contributed by atoms with Gasteiger partial charge < -0.3 is 4.90 Å². The molecule has 1 aliphatic carbocycles. The van der Waals surface area contributed by atoms with Crippen molar-refractivity contribution in [3.05, 3.63) is 29.6 Å². The van der Waals surface area contributed by atoms with Crippen molar-refractivity contribution in [2.45, 2.75) is 58.5 Å². The highest BCUT2D eigenvalue weighted by Crippen LogP contribution is 2.64. The fourth-order valence-electron chi connectivity index (χ4n) is 7.44. The molecule has 1 aromatic carbocycles. The standard InChI is InChI=1S/C23H28FN3O3/c1-21(2)10-14-11-22(3,12-21)17-23(18(28)25(4)20(30)26(5)19(23)29)9-13-7-6-8-15(24)16(13)27(14)17/h6-8,14,17H,9-12H2,1-5H3. The monoisotopic (exact) mass is 413 g/mol. The molecular weight excluding hydrogens is 385 g/mol. The number of barbiturate groups is 1. The second-order valence-corrected chi connectivity index (χ2v) is 10.8. The summed E-state index contributed by atoms with van der Waals surface area (Å²) in [4.78, 5) is 44.2. The Morgan fingerprint density at radius 1 is 1.00 bits per heavy atom. The minimum absolute atomic E-state index is 0.00992. The van der Waals surface area contributed by atoms with Gasteiger partial charge in [-0.25, -0.2) is 9.18 Å². The van der Waals surface area contributed by atoms with E-state index in [-0.39, 0.29) is 29.1 Å². The summed E-state index contributed by atoms with van der Waals surface area (Å²) in [5, 5.41) is 0. The molecule has 160 valence electrons. The number of anilines is 1. The zero-order valence-electron chi connectivity index (χ0n) is 18.2. The van der Waals surface area contributed by atoms with Crippen molar-refractivity contribution < 1.29 is 18.8 Å². The number of para-hydroxylation sites is 1. The molecule has 3 fully saturated rings. The third kappa shape index (κ3) is 2.16. The van der Waals surface area contributed by atoms with Crippen molar-refractivity contribution >= 4 is 23.5 Å². The summed E-state index contributed by atoms with van der Waals surface area (Å²) in [6.45, 7) is 6.55. The molecule has 7 heteroatoms. The molecule has 3 unspecified atom stereocenters. The molecule has 4 amide bonds. The second-order valence-electron chi connectivity index (χ2n) is 10.8. The lowest BCUT2D eigenvalue weighted by Crippen LogP contribution is -2.72. The lowest BCUT2D eigenvalue weighted by atomic mass is 9.56. The number of hydrogen-bond acceptors (Lipinski definition) is 4. The van der Waals surface area contributed by atoms with E-state index in [4.69, 9.17) is 0 Å². The summed E-state index contributed by atoms with van der Waals surface area (Å²) in [7, 11) is 2.88. The summed E-state index contributed by atoms with van der Waals surface area (Å²) < 4.78 is 15.2. The summed E-state index contributed by atoms with van der Waals surface area (Å²) in [6.07, 6.45) is 2.63. The van der Waals surface area contributed by atoms with Crippen molar-refractivity contribution in [3.63, 3.8) is 0 Å². The molecule has 2 saturated heterocycles. The van der Waals surface area contributed by atoms with E-state index < -0.39 is 29.3 Å². The number of imide groups is 2. The van der Waals surface area contributed by atoms with Crippen LogP contribution in [0.5, 0.6) is 0 Å². The molecule has 1 aromatic rings. The van der Waals surface area contributed by atoms with Gasteiger partial charge in [-0.3, -0.25) is 19.4 Å². The first-order valence-corrected chi connectivity index (χ1v) is 10.6. The van der Waals surface area contributed by atoms with Gasteiger partial charge in [0.15, 0.2) is 5.41 Å². The fourth-order valence-corrected chi connectivity index (χ4v) is 7.44. The fraction of sp³-hybridized carbons (Fsp3) is 0.609. The van der Waals surface area contributed by atoms with E-state index >= 15 is 4.39 Å². The molecule has 3 atom stereocenters. The predicted octanol–water partition coefficient (Wildman–Crippen LogP) is 3.19. The van der Waals surface area contributed by atoms with Crippen molar-refractivity contribution in [2.75, 3.05) is 19.0 Å². The third-order valence-electron chi connectivity index (χ3n) is 7.92. The molecule has 0 aromatic heterocycles. The highest BCUT2D eigenvalue weighted by Gasteiger charge is 2.72. The minimum atomic E-state index is -1.43. The van der Waals surface area contributed by atoms with E-state index in [9.17, 15) is 14.4 Å². The van der Waals surface area contributed by atoms with Gasteiger partial charge in [0.1, 0.15) is 5.82 Å². The molecule has 0 radical (unpaired) electrons. The van der Waals surface area contributed by atoms with Crippen LogP contribution in [-0.4, -0.2) is 53.8 Å². The Morgan fingerprint density at radius 3 is 2.27 bits per heavy atom. The van der Waals surface area contributed by atoms with Crippen LogP contribution < -0.4 is 4.90 Å². The molecule has 2 bridgehead atoms. The molecular formula is C23H28FN3O3. The number of carbonyl (C=O) groups excluding carboxylic acids is 3. The largest absolute Gasteiger partial charge is 0.361 e. The van der Waals surface area contributed by atoms with Crippen LogP contribution in [-0.2, 0) is 16.0 Å². The molecule has 4 aliphatic rings. The van der Waals surface area contributed by atoms with Crippen LogP contribution in [0.1, 0.15) is 45.6 Å². The van der Waals surface area contributed by atoms with Gasteiger partial charge in [0.2, 0.25) is 11.8 Å². The molecule has 30 heavy (non-hydrogen) atoms. The lowest BCUT2D eigenvalue weighted by molar-refractivity contribution is -0.161. The smallest absolute Gasteiger partial charge is 0.332 e. The second kappa shape index (κ2) is 5.62. The summed E-state index contributed by atoms with van der Waals surface area (Å²) >= 11 is 0. The Bertz CT molecular complexity index is 981. The van der Waals surface area contributed by atoms with Crippen molar-refractivity contribution in [1.29, 1.82) is 0 Å². The Labute approximate surface area is 176 Å². The maximum Gasteiger partial charge on any atom is 0.332 e. The normalized spacial score (nSPS) is 33.8. The van der Waals surface area contributed by atoms with E-state index in [2.05, 4.69) is 25.7 Å². The topological polar surface area (TPSA) is 60.9 Å². The Morgan fingerprint density at radius 2 is 1.63 bits per heavy atom. The summed E-state index contributed by atoms with van der Waals surface area (Å²) in [6, 6.07) is 3.84. The van der Waals surface area contributed by atoms with E-state index in [1.807, 2.05) is 6.07 Å². The van der Waals surface area contributed by atoms with E-state index in [0.29, 0.717) is 11.3 Å². The number of fused-ring (bicyclic) bond motifs is 8. The first-order valence-electron chi connectivity index (χ1n) is 10.6. The number of hydrogen-bond donors (Lipinski definition) is 0. The van der Waals surface area contributed by atoms with Crippen LogP contribution in [0.4, 0.5) is 14.9 Å². The number of nitrogens with zero attached hydrogens (tertiary/aromatic N) is 3. The molecule has 3 aliphatic heterocycles. The Balaban J connectivity index is 1.81. The van der Waals surface area contributed by atoms with Gasteiger partial charge >= 0.3 is 6.03 Å². The molecule has 6 nitrogen and oxygen atoms in total. The van der Waals surface area contributed by atoms with Gasteiger partial charge in [-0.15, -0.1) is 0 Å². The highest BCUT2D eigenvalue weighted by atomic mass is 19.1. The van der Waals surface area contributed by atoms with Gasteiger partial charge in [0.05, 0.1) is 11.7 Å². The van der Waals surface area contributed by atoms with E-state index in [1.165, 1.54) is 20.2 Å². The Hall–Kier alpha value is -2.44. The van der Waals surface area contributed by atoms with Gasteiger partial charge in [0.25, 0.3) is 0 Å². The SMILES string of the molecule is CN1C(=O)N(C)C(=O)C2(Cc3cccc(F)c3N3C4CC(C)(C)CC(C)(C4)C32)C1=O. The average Bonchev–Trinajstić information content (AvgIpc) is 2.89. The number of halogens is 1. The highest BCUT2D eigenvalue weighted by molar-refractivity contribution is 6.20. The van der Waals surface area contributed by atoms with Crippen molar-refractivity contribution in [3.8, 4) is 0 Å². The number of amides is 4. The van der Waals surface area contributed by atoms with Crippen LogP contribution in [0.2, 0.25) is 0 Å². The van der Waals surface area contributed by atoms with Crippen LogP contribution in [0.15, 0.2) is 18.2 Å². The van der Waals surface area contributed by atoms with E-state index in [1.54, 1.807) is 6.07 Å². The summed E-state index contributed by atoms with van der Waals surface area (Å²) in [5.74, 6) is -1.24. The maximum atomic E-state index is 15.2. The molecule has 3 heterocycles. The van der Waals surface area contributed by atoms with Gasteiger partial charge in [0, 0.05) is 20.1 Å². The zero-order chi connectivity index (χ0) is 21.8. The molecule has 0 N–H and O–H groups in total. The Kier molecular flexibility index (Phi) is 3.66. The van der Waals surface area contributed by atoms with Crippen LogP contribution in [0.25, 0.3) is 0 Å². The van der Waals surface area contributed by atoms with Crippen LogP contribution in [0, 0.1) is 22.1 Å². The quantitative estimate of drug-likeness (QED) is 0.613. The van der Waals surface area contributed by atoms with Crippen molar-refractivity contribution in [1.82, 2.24) is 9.80 Å². The minimum Gasteiger partial charge on any atom is -0.361 e. The van der Waals surface area contributed by atoms with Crippen molar-refractivity contribution in [2.24, 2.45) is 16.2 Å². The maximum absolute atomic E-state index is 15.2. The summed E-state index contributed by atoms with van der Waals surface area (Å²) in [5.41, 5.74) is -0.571. The van der Waals surface area contributed by atoms with Gasteiger partial charge in [-0.05, 0) is 48.1 Å². The molecule has 1 saturated carbocycles. The average molecular weight is 413 g/mol. The van der Waals surface area contributed by atoms with Gasteiger partial charge in [-0.2, -0.15) is 0 Å². The van der Waals surface area contributed by atoms with Crippen LogP contribution >= 0.6 is 0 Å².